The van der Waals surface area contributed by atoms with Crippen molar-refractivity contribution in [3.63, 3.8) is 0 Å². The fraction of sp³-hybridized carbons (Fsp3) is 0.571. The Bertz CT molecular complexity index is 1260. The van der Waals surface area contributed by atoms with Crippen molar-refractivity contribution in [3.8, 4) is 5.75 Å². The summed E-state index contributed by atoms with van der Waals surface area (Å²) in [4.78, 5) is 39.3. The zero-order chi connectivity index (χ0) is 29.1. The van der Waals surface area contributed by atoms with Gasteiger partial charge in [0.05, 0.1) is 25.5 Å². The molecule has 41 heavy (non-hydrogen) atoms. The van der Waals surface area contributed by atoms with Gasteiger partial charge in [-0.05, 0) is 37.6 Å². The predicted molar refractivity (Wildman–Crippen MR) is 152 cm³/mol. The molecular weight excluding hydrogens is 534 g/mol. The summed E-state index contributed by atoms with van der Waals surface area (Å²) in [5.74, 6) is -4.21. The van der Waals surface area contributed by atoms with Crippen LogP contribution in [0.2, 0.25) is 0 Å². The number of alkyl halides is 2. The number of anilines is 4. The molecule has 13 heteroatoms. The zero-order valence-corrected chi connectivity index (χ0v) is 23.8. The van der Waals surface area contributed by atoms with Gasteiger partial charge in [-0.1, -0.05) is 26.2 Å². The van der Waals surface area contributed by atoms with E-state index in [-0.39, 0.29) is 23.6 Å². The number of rotatable bonds is 7. The average molecular weight is 573 g/mol. The predicted octanol–water partition coefficient (Wildman–Crippen LogP) is 3.26. The SMILES string of the molecule is CCN1CCN(NC(=O)c2ccc(Nc3ncc4c(n3)N(C3CCCCC3)CC(F)(F)C(=O)N4C)c(OC)c2)CC1. The Morgan fingerprint density at radius 2 is 1.88 bits per heavy atom. The molecule has 3 aliphatic rings. The van der Waals surface area contributed by atoms with E-state index in [9.17, 15) is 18.4 Å². The fourth-order valence-corrected chi connectivity index (χ4v) is 5.72. The van der Waals surface area contributed by atoms with Crippen LogP contribution in [0.25, 0.3) is 0 Å². The minimum absolute atomic E-state index is 0.146. The van der Waals surface area contributed by atoms with Crippen LogP contribution in [0.1, 0.15) is 49.4 Å². The Labute approximate surface area is 238 Å². The molecule has 0 atom stereocenters. The average Bonchev–Trinajstić information content (AvgIpc) is 3.06. The molecule has 0 bridgehead atoms. The molecule has 11 nitrogen and oxygen atoms in total. The highest BCUT2D eigenvalue weighted by Gasteiger charge is 2.48. The third-order valence-corrected chi connectivity index (χ3v) is 8.17. The number of likely N-dealkylation sites (N-methyl/N-ethyl adjacent to an activating group) is 1. The molecule has 2 fully saturated rings. The Kier molecular flexibility index (Phi) is 8.55. The smallest absolute Gasteiger partial charge is 0.342 e. The number of fused-ring (bicyclic) bond motifs is 1. The molecule has 2 aromatic rings. The summed E-state index contributed by atoms with van der Waals surface area (Å²) in [5.41, 5.74) is 4.13. The number of hydrogen-bond donors (Lipinski definition) is 2. The molecule has 2 aliphatic heterocycles. The van der Waals surface area contributed by atoms with Crippen molar-refractivity contribution in [2.75, 3.05) is 68.5 Å². The first kappa shape index (κ1) is 28.9. The van der Waals surface area contributed by atoms with Gasteiger partial charge in [0, 0.05) is 44.8 Å². The summed E-state index contributed by atoms with van der Waals surface area (Å²) in [6, 6.07) is 4.85. The normalized spacial score (nSPS) is 20.4. The number of benzene rings is 1. The molecular formula is C28H38F2N8O3. The molecule has 0 unspecified atom stereocenters. The Morgan fingerprint density at radius 3 is 2.56 bits per heavy atom. The van der Waals surface area contributed by atoms with E-state index in [1.165, 1.54) is 20.4 Å². The number of nitrogens with zero attached hydrogens (tertiary/aromatic N) is 6. The van der Waals surface area contributed by atoms with Crippen molar-refractivity contribution < 1.29 is 23.1 Å². The van der Waals surface area contributed by atoms with E-state index in [0.29, 0.717) is 22.8 Å². The maximum atomic E-state index is 15.0. The number of carbonyl (C=O) groups is 2. The fourth-order valence-electron chi connectivity index (χ4n) is 5.72. The molecule has 0 radical (unpaired) electrons. The number of amides is 2. The number of hydrogen-bond acceptors (Lipinski definition) is 9. The van der Waals surface area contributed by atoms with Crippen LogP contribution in [-0.4, -0.2) is 97.1 Å². The molecule has 0 spiro atoms. The van der Waals surface area contributed by atoms with Gasteiger partial charge in [0.15, 0.2) is 5.82 Å². The van der Waals surface area contributed by atoms with E-state index in [1.807, 2.05) is 5.01 Å². The van der Waals surface area contributed by atoms with Gasteiger partial charge in [-0.25, -0.2) is 9.99 Å². The Balaban J connectivity index is 1.37. The summed E-state index contributed by atoms with van der Waals surface area (Å²) in [6.07, 6.45) is 5.85. The first-order valence-electron chi connectivity index (χ1n) is 14.2. The van der Waals surface area contributed by atoms with Crippen molar-refractivity contribution in [2.45, 2.75) is 51.0 Å². The van der Waals surface area contributed by atoms with Crippen LogP contribution in [0.5, 0.6) is 5.75 Å². The second-order valence-electron chi connectivity index (χ2n) is 10.8. The van der Waals surface area contributed by atoms with Crippen molar-refractivity contribution >= 4 is 35.0 Å². The number of hydrazine groups is 1. The molecule has 2 N–H and O–H groups in total. The van der Waals surface area contributed by atoms with Gasteiger partial charge in [0.1, 0.15) is 11.4 Å². The van der Waals surface area contributed by atoms with Crippen LogP contribution in [0.15, 0.2) is 24.4 Å². The number of halogens is 2. The lowest BCUT2D eigenvalue weighted by Crippen LogP contribution is -2.53. The summed E-state index contributed by atoms with van der Waals surface area (Å²) in [6.45, 7) is 5.66. The second-order valence-corrected chi connectivity index (χ2v) is 10.8. The van der Waals surface area contributed by atoms with Gasteiger partial charge in [0.2, 0.25) is 5.95 Å². The number of nitrogens with one attached hydrogen (secondary N) is 2. The van der Waals surface area contributed by atoms with Gasteiger partial charge >= 0.3 is 5.92 Å². The van der Waals surface area contributed by atoms with Crippen LogP contribution >= 0.6 is 0 Å². The van der Waals surface area contributed by atoms with Crippen molar-refractivity contribution in [3.05, 3.63) is 30.0 Å². The largest absolute Gasteiger partial charge is 0.495 e. The molecule has 5 rings (SSSR count). The highest BCUT2D eigenvalue weighted by atomic mass is 19.3. The number of piperazine rings is 1. The molecule has 2 amide bonds. The Hall–Kier alpha value is -3.58. The first-order chi connectivity index (χ1) is 19.7. The molecule has 1 aliphatic carbocycles. The van der Waals surface area contributed by atoms with E-state index in [0.717, 1.165) is 69.7 Å². The topological polar surface area (TPSA) is 106 Å². The summed E-state index contributed by atoms with van der Waals surface area (Å²) < 4.78 is 35.5. The van der Waals surface area contributed by atoms with E-state index < -0.39 is 18.4 Å². The molecule has 1 saturated heterocycles. The van der Waals surface area contributed by atoms with Gasteiger partial charge in [-0.3, -0.25) is 15.0 Å². The first-order valence-corrected chi connectivity index (χ1v) is 14.2. The molecule has 222 valence electrons. The highest BCUT2D eigenvalue weighted by Crippen LogP contribution is 2.39. The van der Waals surface area contributed by atoms with E-state index in [4.69, 9.17) is 4.74 Å². The number of carbonyl (C=O) groups excluding carboxylic acids is 2. The third-order valence-electron chi connectivity index (χ3n) is 8.17. The quantitative estimate of drug-likeness (QED) is 0.517. The van der Waals surface area contributed by atoms with Gasteiger partial charge in [-0.2, -0.15) is 13.8 Å². The van der Waals surface area contributed by atoms with Crippen molar-refractivity contribution in [1.29, 1.82) is 0 Å². The number of ether oxygens (including phenoxy) is 1. The summed E-state index contributed by atoms with van der Waals surface area (Å²) >= 11 is 0. The van der Waals surface area contributed by atoms with Gasteiger partial charge in [-0.15, -0.1) is 0 Å². The second kappa shape index (κ2) is 12.1. The molecule has 1 aromatic heterocycles. The molecule has 1 aromatic carbocycles. The van der Waals surface area contributed by atoms with Gasteiger partial charge < -0.3 is 24.8 Å². The monoisotopic (exact) mass is 572 g/mol. The van der Waals surface area contributed by atoms with Crippen LogP contribution < -0.4 is 25.3 Å². The minimum Gasteiger partial charge on any atom is -0.495 e. The number of methoxy groups -OCH3 is 1. The van der Waals surface area contributed by atoms with E-state index in [2.05, 4.69) is 32.5 Å². The summed E-state index contributed by atoms with van der Waals surface area (Å²) in [5, 5.41) is 5.03. The lowest BCUT2D eigenvalue weighted by atomic mass is 9.94. The Morgan fingerprint density at radius 1 is 1.15 bits per heavy atom. The summed E-state index contributed by atoms with van der Waals surface area (Å²) in [7, 11) is 2.82. The van der Waals surface area contributed by atoms with Crippen LogP contribution in [0, 0.1) is 0 Å². The zero-order valence-electron chi connectivity index (χ0n) is 23.8. The third kappa shape index (κ3) is 6.20. The van der Waals surface area contributed by atoms with Gasteiger partial charge in [0.25, 0.3) is 11.8 Å². The molecule has 1 saturated carbocycles. The number of aromatic nitrogens is 2. The molecule has 3 heterocycles. The van der Waals surface area contributed by atoms with Crippen molar-refractivity contribution in [1.82, 2.24) is 25.3 Å². The highest BCUT2D eigenvalue weighted by molar-refractivity contribution is 6.02. The lowest BCUT2D eigenvalue weighted by molar-refractivity contribution is -0.140. The minimum atomic E-state index is -3.55. The van der Waals surface area contributed by atoms with Crippen LogP contribution in [-0.2, 0) is 4.79 Å². The van der Waals surface area contributed by atoms with Crippen LogP contribution in [0.4, 0.5) is 31.9 Å². The maximum Gasteiger partial charge on any atom is 0.342 e. The van der Waals surface area contributed by atoms with E-state index >= 15 is 0 Å². The standard InChI is InChI=1S/C28H38F2N8O3/c1-4-36-12-14-37(15-13-36)34-25(39)19-10-11-21(23(16-19)41-3)32-27-31-17-22-24(33-27)38(20-8-6-5-7-9-20)18-28(29,30)26(40)35(22)2/h10-11,16-17,20H,4-9,12-15,18H2,1-3H3,(H,34,39)(H,31,32,33). The van der Waals surface area contributed by atoms with Crippen molar-refractivity contribution in [2.24, 2.45) is 0 Å². The lowest BCUT2D eigenvalue weighted by Gasteiger charge is -2.35. The van der Waals surface area contributed by atoms with E-state index in [1.54, 1.807) is 23.1 Å². The maximum absolute atomic E-state index is 15.0. The van der Waals surface area contributed by atoms with Crippen LogP contribution in [0.3, 0.4) is 0 Å².